The van der Waals surface area contributed by atoms with E-state index in [1.54, 1.807) is 18.2 Å². The summed E-state index contributed by atoms with van der Waals surface area (Å²) in [5.74, 6) is -1.03. The molecule has 0 amide bonds. The lowest BCUT2D eigenvalue weighted by molar-refractivity contribution is -0.142. The Morgan fingerprint density at radius 3 is 2.74 bits per heavy atom. The second-order valence-electron chi connectivity index (χ2n) is 5.94. The molecule has 0 saturated carbocycles. The maximum atomic E-state index is 13.0. The van der Waals surface area contributed by atoms with Crippen LogP contribution in [0, 0.1) is 6.92 Å². The summed E-state index contributed by atoms with van der Waals surface area (Å²) in [5.41, 5.74) is -0.161. The van der Waals surface area contributed by atoms with Gasteiger partial charge in [-0.2, -0.15) is 13.2 Å². The van der Waals surface area contributed by atoms with Gasteiger partial charge in [0.05, 0.1) is 15.8 Å². The van der Waals surface area contributed by atoms with E-state index >= 15 is 0 Å². The minimum Gasteiger partial charge on any atom is -0.488 e. The van der Waals surface area contributed by atoms with E-state index < -0.39 is 23.8 Å². The van der Waals surface area contributed by atoms with Gasteiger partial charge in [-0.1, -0.05) is 6.92 Å². The fourth-order valence-electron chi connectivity index (χ4n) is 2.85. The summed E-state index contributed by atoms with van der Waals surface area (Å²) in [7, 11) is 0. The van der Waals surface area contributed by atoms with Crippen molar-refractivity contribution in [3.63, 3.8) is 0 Å². The van der Waals surface area contributed by atoms with Crippen molar-refractivity contribution < 1.29 is 27.8 Å². The van der Waals surface area contributed by atoms with Crippen molar-refractivity contribution in [2.75, 3.05) is 0 Å². The first-order valence-electron chi connectivity index (χ1n) is 8.11. The topological polar surface area (TPSA) is 59.4 Å². The van der Waals surface area contributed by atoms with Crippen LogP contribution in [0.4, 0.5) is 13.2 Å². The van der Waals surface area contributed by atoms with Gasteiger partial charge in [-0.05, 0) is 47.9 Å². The molecule has 1 atom stereocenters. The summed E-state index contributed by atoms with van der Waals surface area (Å²) in [6.07, 6.45) is -4.04. The lowest BCUT2D eigenvalue weighted by Crippen LogP contribution is -2.10. The molecule has 0 aliphatic heterocycles. The third kappa shape index (κ3) is 4.08. The number of aromatic nitrogens is 1. The van der Waals surface area contributed by atoms with E-state index in [0.717, 1.165) is 27.0 Å². The number of benzene rings is 1. The fraction of sp³-hybridized carbons (Fsp3) is 0.333. The highest BCUT2D eigenvalue weighted by Gasteiger charge is 2.37. The van der Waals surface area contributed by atoms with Gasteiger partial charge in [0.25, 0.3) is 0 Å². The predicted octanol–water partition coefficient (Wildman–Crippen LogP) is 5.84. The standard InChI is InChI=1S/C18H16F3NO3S2/c1-3-11(17(23)24)13-8-26-14-6-10(4-5-12(13)14)25-7-15-16(18(19,20)21)22-9(2)27-15/h4-6,8,11H,3,7H2,1-2H3,(H,23,24). The highest BCUT2D eigenvalue weighted by atomic mass is 32.1. The molecule has 0 aliphatic rings. The summed E-state index contributed by atoms with van der Waals surface area (Å²) in [6, 6.07) is 5.12. The average molecular weight is 415 g/mol. The van der Waals surface area contributed by atoms with Crippen LogP contribution >= 0.6 is 22.7 Å². The van der Waals surface area contributed by atoms with Crippen LogP contribution in [0.5, 0.6) is 5.75 Å². The minimum atomic E-state index is -4.51. The van der Waals surface area contributed by atoms with Crippen LogP contribution in [0.25, 0.3) is 10.1 Å². The molecule has 2 aromatic heterocycles. The largest absolute Gasteiger partial charge is 0.488 e. The Morgan fingerprint density at radius 1 is 1.37 bits per heavy atom. The van der Waals surface area contributed by atoms with Crippen molar-refractivity contribution in [2.45, 2.75) is 39.0 Å². The second kappa shape index (κ2) is 7.47. The molecule has 0 bridgehead atoms. The molecule has 0 radical (unpaired) electrons. The Morgan fingerprint density at radius 2 is 2.11 bits per heavy atom. The second-order valence-corrected chi connectivity index (χ2v) is 8.14. The molecule has 27 heavy (non-hydrogen) atoms. The summed E-state index contributed by atoms with van der Waals surface area (Å²) >= 11 is 2.35. The summed E-state index contributed by atoms with van der Waals surface area (Å²) in [5, 5.41) is 12.3. The van der Waals surface area contributed by atoms with Crippen molar-refractivity contribution in [2.24, 2.45) is 0 Å². The molecule has 3 aromatic rings. The predicted molar refractivity (Wildman–Crippen MR) is 98.7 cm³/mol. The quantitative estimate of drug-likeness (QED) is 0.549. The molecule has 0 fully saturated rings. The van der Waals surface area contributed by atoms with Crippen LogP contribution < -0.4 is 4.74 Å². The van der Waals surface area contributed by atoms with E-state index in [9.17, 15) is 23.1 Å². The van der Waals surface area contributed by atoms with Gasteiger partial charge in [0, 0.05) is 4.70 Å². The van der Waals surface area contributed by atoms with Gasteiger partial charge in [-0.25, -0.2) is 4.98 Å². The van der Waals surface area contributed by atoms with Crippen LogP contribution in [0.2, 0.25) is 0 Å². The normalized spacial score (nSPS) is 13.1. The number of ether oxygens (including phenoxy) is 1. The molecule has 4 nitrogen and oxygen atoms in total. The Hall–Kier alpha value is -2.13. The maximum Gasteiger partial charge on any atom is 0.434 e. The van der Waals surface area contributed by atoms with Crippen molar-refractivity contribution in [3.8, 4) is 5.75 Å². The van der Waals surface area contributed by atoms with Crippen molar-refractivity contribution in [1.82, 2.24) is 4.98 Å². The van der Waals surface area contributed by atoms with E-state index in [2.05, 4.69) is 4.98 Å². The number of fused-ring (bicyclic) bond motifs is 1. The molecular weight excluding hydrogens is 399 g/mol. The van der Waals surface area contributed by atoms with Gasteiger partial charge < -0.3 is 9.84 Å². The molecule has 144 valence electrons. The van der Waals surface area contributed by atoms with Crippen LogP contribution in [-0.2, 0) is 17.6 Å². The first kappa shape index (κ1) is 19.6. The lowest BCUT2D eigenvalue weighted by atomic mass is 9.96. The zero-order chi connectivity index (χ0) is 19.8. The van der Waals surface area contributed by atoms with Crippen LogP contribution in [-0.4, -0.2) is 16.1 Å². The molecule has 9 heteroatoms. The Labute approximate surface area is 161 Å². The number of aliphatic carboxylic acids is 1. The van der Waals surface area contributed by atoms with Crippen molar-refractivity contribution >= 4 is 38.7 Å². The number of thiophene rings is 1. The van der Waals surface area contributed by atoms with Crippen molar-refractivity contribution in [1.29, 1.82) is 0 Å². The average Bonchev–Trinajstić information content (AvgIpc) is 3.16. The first-order chi connectivity index (χ1) is 12.7. The smallest absolute Gasteiger partial charge is 0.434 e. The SMILES string of the molecule is CCC(C(=O)O)c1csc2cc(OCc3sc(C)nc3C(F)(F)F)ccc12. The molecule has 1 unspecified atom stereocenters. The molecule has 3 rings (SSSR count). The number of carboxylic acid groups (broad SMARTS) is 1. The Balaban J connectivity index is 1.83. The van der Waals surface area contributed by atoms with Gasteiger partial charge in [0.2, 0.25) is 0 Å². The fourth-order valence-corrected chi connectivity index (χ4v) is 4.77. The van der Waals surface area contributed by atoms with Gasteiger partial charge >= 0.3 is 12.1 Å². The zero-order valence-corrected chi connectivity index (χ0v) is 16.1. The number of rotatable bonds is 6. The van der Waals surface area contributed by atoms with Gasteiger partial charge in [0.15, 0.2) is 5.69 Å². The van der Waals surface area contributed by atoms with Crippen molar-refractivity contribution in [3.05, 3.63) is 44.7 Å². The molecule has 0 spiro atoms. The molecule has 0 saturated heterocycles. The molecule has 0 aliphatic carbocycles. The summed E-state index contributed by atoms with van der Waals surface area (Å²) < 4.78 is 45.4. The maximum absolute atomic E-state index is 13.0. The number of thiazole rings is 1. The summed E-state index contributed by atoms with van der Waals surface area (Å²) in [4.78, 5) is 15.0. The van der Waals surface area contributed by atoms with Crippen LogP contribution in [0.15, 0.2) is 23.6 Å². The highest BCUT2D eigenvalue weighted by Crippen LogP contribution is 2.37. The van der Waals surface area contributed by atoms with Crippen LogP contribution in [0.1, 0.15) is 40.4 Å². The van der Waals surface area contributed by atoms with E-state index in [4.69, 9.17) is 4.74 Å². The number of aryl methyl sites for hydroxylation is 1. The Kier molecular flexibility index (Phi) is 5.43. The lowest BCUT2D eigenvalue weighted by Gasteiger charge is -2.10. The van der Waals surface area contributed by atoms with Crippen LogP contribution in [0.3, 0.4) is 0 Å². The Bertz CT molecular complexity index is 978. The molecular formula is C18H16F3NO3S2. The number of carbonyl (C=O) groups is 1. The number of nitrogens with zero attached hydrogens (tertiary/aromatic N) is 1. The number of carboxylic acids is 1. The van der Waals surface area contributed by atoms with Gasteiger partial charge in [-0.15, -0.1) is 22.7 Å². The molecule has 1 aromatic carbocycles. The zero-order valence-electron chi connectivity index (χ0n) is 14.5. The van der Waals surface area contributed by atoms with Gasteiger partial charge in [-0.3, -0.25) is 4.79 Å². The third-order valence-corrected chi connectivity index (χ3v) is 6.01. The number of halogens is 3. The van der Waals surface area contributed by atoms with E-state index in [-0.39, 0.29) is 11.5 Å². The number of alkyl halides is 3. The molecule has 1 N–H and O–H groups in total. The highest BCUT2D eigenvalue weighted by molar-refractivity contribution is 7.17. The van der Waals surface area contributed by atoms with Gasteiger partial charge in [0.1, 0.15) is 12.4 Å². The monoisotopic (exact) mass is 415 g/mol. The third-order valence-electron chi connectivity index (χ3n) is 4.10. The number of hydrogen-bond acceptors (Lipinski definition) is 5. The van der Waals surface area contributed by atoms with E-state index in [1.165, 1.54) is 18.3 Å². The first-order valence-corrected chi connectivity index (χ1v) is 9.80. The van der Waals surface area contributed by atoms with E-state index in [0.29, 0.717) is 17.2 Å². The summed E-state index contributed by atoms with van der Waals surface area (Å²) in [6.45, 7) is 3.11. The van der Waals surface area contributed by atoms with E-state index in [1.807, 2.05) is 12.3 Å². The number of hydrogen-bond donors (Lipinski definition) is 1. The minimum absolute atomic E-state index is 0.0314. The molecule has 2 heterocycles.